The summed E-state index contributed by atoms with van der Waals surface area (Å²) in [4.78, 5) is 11.4. The molecule has 1 rings (SSSR count). The Hall–Kier alpha value is -2.37. The number of carbonyl (C=O) groups excluding carboxylic acids is 1. The molecule has 0 heterocycles. The lowest BCUT2D eigenvalue weighted by molar-refractivity contribution is -0.134. The minimum Gasteiger partial charge on any atom is -0.461 e. The van der Waals surface area contributed by atoms with E-state index in [1.165, 1.54) is 0 Å². The Bertz CT molecular complexity index is 415. The van der Waals surface area contributed by atoms with Crippen LogP contribution in [0.5, 0.6) is 0 Å². The van der Waals surface area contributed by atoms with E-state index >= 15 is 0 Å². The quantitative estimate of drug-likeness (QED) is 0.350. The van der Waals surface area contributed by atoms with Gasteiger partial charge in [0.05, 0.1) is 12.3 Å². The van der Waals surface area contributed by atoms with Crippen molar-refractivity contribution in [2.75, 3.05) is 12.0 Å². The van der Waals surface area contributed by atoms with E-state index in [4.69, 9.17) is 9.94 Å². The minimum atomic E-state index is -0.659. The van der Waals surface area contributed by atoms with Gasteiger partial charge in [0.2, 0.25) is 0 Å². The molecule has 0 aliphatic carbocycles. The van der Waals surface area contributed by atoms with Crippen LogP contribution in [0.2, 0.25) is 0 Å². The third-order valence-corrected chi connectivity index (χ3v) is 1.74. The van der Waals surface area contributed by atoms with Gasteiger partial charge in [-0.1, -0.05) is 23.4 Å². The van der Waals surface area contributed by atoms with Gasteiger partial charge in [0.1, 0.15) is 6.21 Å². The van der Waals surface area contributed by atoms with Crippen LogP contribution in [0.3, 0.4) is 0 Å². The molecule has 0 fully saturated rings. The molecule has 6 heteroatoms. The molecule has 1 aromatic rings. The predicted molar refractivity (Wildman–Crippen MR) is 64.4 cm³/mol. The molecule has 0 aliphatic heterocycles. The van der Waals surface area contributed by atoms with Crippen molar-refractivity contribution in [1.29, 1.82) is 0 Å². The Morgan fingerprint density at radius 3 is 2.76 bits per heavy atom. The molecule has 0 amide bonds. The molecule has 0 aliphatic rings. The summed E-state index contributed by atoms with van der Waals surface area (Å²) in [5.41, 5.74) is 3.25. The van der Waals surface area contributed by atoms with Gasteiger partial charge in [-0.2, -0.15) is 5.10 Å². The number of para-hydroxylation sites is 1. The standard InChI is InChI=1S/C11H13N3O3/c1-2-17-11(15)10(8-12-16)14-13-9-6-4-3-5-7-9/h3-8,13,16H,2H2,1H3/b12-8-,14-10-. The number of carbonyl (C=O) groups is 1. The van der Waals surface area contributed by atoms with E-state index in [-0.39, 0.29) is 12.3 Å². The van der Waals surface area contributed by atoms with E-state index < -0.39 is 5.97 Å². The SMILES string of the molecule is CCOC(=O)C(/C=N\O)=N\Nc1ccccc1. The Balaban J connectivity index is 2.74. The van der Waals surface area contributed by atoms with Crippen molar-refractivity contribution in [3.8, 4) is 0 Å². The molecule has 0 bridgehead atoms. The van der Waals surface area contributed by atoms with Crippen molar-refractivity contribution in [3.05, 3.63) is 30.3 Å². The summed E-state index contributed by atoms with van der Waals surface area (Å²) >= 11 is 0. The van der Waals surface area contributed by atoms with Crippen LogP contribution in [0.15, 0.2) is 40.6 Å². The van der Waals surface area contributed by atoms with Crippen LogP contribution in [0.1, 0.15) is 6.92 Å². The lowest BCUT2D eigenvalue weighted by Gasteiger charge is -2.02. The number of hydrogen-bond acceptors (Lipinski definition) is 6. The van der Waals surface area contributed by atoms with Gasteiger partial charge < -0.3 is 9.94 Å². The molecular formula is C11H13N3O3. The lowest BCUT2D eigenvalue weighted by Crippen LogP contribution is -2.20. The normalized spacial score (nSPS) is 11.5. The van der Waals surface area contributed by atoms with Crippen molar-refractivity contribution < 1.29 is 14.7 Å². The summed E-state index contributed by atoms with van der Waals surface area (Å²) < 4.78 is 4.73. The van der Waals surface area contributed by atoms with Crippen LogP contribution in [0.25, 0.3) is 0 Å². The van der Waals surface area contributed by atoms with Gasteiger partial charge in [-0.3, -0.25) is 5.43 Å². The average Bonchev–Trinajstić information content (AvgIpc) is 2.36. The first-order chi connectivity index (χ1) is 8.27. The zero-order valence-electron chi connectivity index (χ0n) is 9.33. The van der Waals surface area contributed by atoms with E-state index in [2.05, 4.69) is 15.7 Å². The van der Waals surface area contributed by atoms with E-state index in [0.717, 1.165) is 6.21 Å². The fourth-order valence-corrected chi connectivity index (χ4v) is 1.02. The Labute approximate surface area is 98.6 Å². The van der Waals surface area contributed by atoms with Crippen LogP contribution in [0.4, 0.5) is 5.69 Å². The molecule has 0 spiro atoms. The van der Waals surface area contributed by atoms with Gasteiger partial charge >= 0.3 is 5.97 Å². The molecular weight excluding hydrogens is 222 g/mol. The number of rotatable bonds is 5. The molecule has 0 saturated heterocycles. The van der Waals surface area contributed by atoms with Gasteiger partial charge in [-0.05, 0) is 19.1 Å². The van der Waals surface area contributed by atoms with Crippen molar-refractivity contribution in [3.63, 3.8) is 0 Å². The number of nitrogens with zero attached hydrogens (tertiary/aromatic N) is 2. The van der Waals surface area contributed by atoms with Crippen LogP contribution in [-0.4, -0.2) is 29.7 Å². The molecule has 17 heavy (non-hydrogen) atoms. The number of oxime groups is 1. The van der Waals surface area contributed by atoms with Gasteiger partial charge in [-0.25, -0.2) is 4.79 Å². The predicted octanol–water partition coefficient (Wildman–Crippen LogP) is 1.48. The number of esters is 1. The Morgan fingerprint density at radius 2 is 2.18 bits per heavy atom. The van der Waals surface area contributed by atoms with Crippen molar-refractivity contribution >= 4 is 23.6 Å². The van der Waals surface area contributed by atoms with Crippen LogP contribution in [0, 0.1) is 0 Å². The van der Waals surface area contributed by atoms with E-state index in [1.807, 2.05) is 18.2 Å². The van der Waals surface area contributed by atoms with Gasteiger partial charge in [0.15, 0.2) is 5.71 Å². The second-order valence-electron chi connectivity index (χ2n) is 2.94. The van der Waals surface area contributed by atoms with Crippen molar-refractivity contribution in [2.45, 2.75) is 6.92 Å². The van der Waals surface area contributed by atoms with Crippen molar-refractivity contribution in [1.82, 2.24) is 0 Å². The summed E-state index contributed by atoms with van der Waals surface area (Å²) in [6.07, 6.45) is 0.911. The highest BCUT2D eigenvalue weighted by molar-refractivity contribution is 6.59. The van der Waals surface area contributed by atoms with Crippen LogP contribution in [-0.2, 0) is 9.53 Å². The highest BCUT2D eigenvalue weighted by Crippen LogP contribution is 2.04. The topological polar surface area (TPSA) is 83.3 Å². The van der Waals surface area contributed by atoms with E-state index in [1.54, 1.807) is 19.1 Å². The minimum absolute atomic E-state index is 0.113. The number of nitrogens with one attached hydrogen (secondary N) is 1. The molecule has 6 nitrogen and oxygen atoms in total. The molecule has 0 radical (unpaired) electrons. The number of ether oxygens (including phenoxy) is 1. The van der Waals surface area contributed by atoms with E-state index in [9.17, 15) is 4.79 Å². The number of hydrazone groups is 1. The third-order valence-electron chi connectivity index (χ3n) is 1.74. The number of benzene rings is 1. The summed E-state index contributed by atoms with van der Waals surface area (Å²) in [7, 11) is 0. The smallest absolute Gasteiger partial charge is 0.360 e. The van der Waals surface area contributed by atoms with Crippen LogP contribution < -0.4 is 5.43 Å². The largest absolute Gasteiger partial charge is 0.461 e. The summed E-state index contributed by atoms with van der Waals surface area (Å²) in [5.74, 6) is -0.659. The third kappa shape index (κ3) is 4.33. The first kappa shape index (κ1) is 12.7. The van der Waals surface area contributed by atoms with E-state index in [0.29, 0.717) is 5.69 Å². The molecule has 0 saturated carbocycles. The van der Waals surface area contributed by atoms with Gasteiger partial charge in [0, 0.05) is 0 Å². The zero-order valence-corrected chi connectivity index (χ0v) is 9.33. The summed E-state index contributed by atoms with van der Waals surface area (Å²) in [6.45, 7) is 1.90. The monoisotopic (exact) mass is 235 g/mol. The summed E-state index contributed by atoms with van der Waals surface area (Å²) in [6, 6.07) is 9.06. The molecule has 90 valence electrons. The maximum absolute atomic E-state index is 11.4. The Kier molecular flexibility index (Phi) is 5.23. The maximum Gasteiger partial charge on any atom is 0.360 e. The molecule has 2 N–H and O–H groups in total. The lowest BCUT2D eigenvalue weighted by atomic mass is 10.3. The average molecular weight is 235 g/mol. The molecule has 1 aromatic carbocycles. The maximum atomic E-state index is 11.4. The van der Waals surface area contributed by atoms with Gasteiger partial charge in [0.25, 0.3) is 0 Å². The second kappa shape index (κ2) is 7.00. The first-order valence-electron chi connectivity index (χ1n) is 5.01. The van der Waals surface area contributed by atoms with Gasteiger partial charge in [-0.15, -0.1) is 0 Å². The van der Waals surface area contributed by atoms with Crippen LogP contribution >= 0.6 is 0 Å². The molecule has 0 aromatic heterocycles. The number of hydrogen-bond donors (Lipinski definition) is 2. The summed E-state index contributed by atoms with van der Waals surface area (Å²) in [5, 5.41) is 14.9. The molecule has 0 atom stereocenters. The second-order valence-corrected chi connectivity index (χ2v) is 2.94. The van der Waals surface area contributed by atoms with Crippen molar-refractivity contribution in [2.24, 2.45) is 10.3 Å². The fraction of sp³-hybridized carbons (Fsp3) is 0.182. The highest BCUT2D eigenvalue weighted by Gasteiger charge is 2.10. The Morgan fingerprint density at radius 1 is 1.47 bits per heavy atom. The zero-order chi connectivity index (χ0) is 12.5. The molecule has 0 unspecified atom stereocenters. The first-order valence-corrected chi connectivity index (χ1v) is 5.01. The highest BCUT2D eigenvalue weighted by atomic mass is 16.5. The fourth-order valence-electron chi connectivity index (χ4n) is 1.02. The number of anilines is 1.